The van der Waals surface area contributed by atoms with Crippen molar-refractivity contribution in [2.24, 2.45) is 5.10 Å². The van der Waals surface area contributed by atoms with E-state index in [0.717, 1.165) is 23.5 Å². The van der Waals surface area contributed by atoms with Crippen LogP contribution < -0.4 is 14.2 Å². The second kappa shape index (κ2) is 10.5. The highest BCUT2D eigenvalue weighted by atomic mass is 32.2. The molecule has 0 aliphatic heterocycles. The van der Waals surface area contributed by atoms with Gasteiger partial charge in [0.2, 0.25) is 5.16 Å². The molecule has 152 valence electrons. The lowest BCUT2D eigenvalue weighted by Crippen LogP contribution is -2.05. The summed E-state index contributed by atoms with van der Waals surface area (Å²) in [6.45, 7) is 2.98. The predicted molar refractivity (Wildman–Crippen MR) is 114 cm³/mol. The van der Waals surface area contributed by atoms with Crippen LogP contribution in [0.1, 0.15) is 24.7 Å². The topological polar surface area (TPSA) is 70.8 Å². The molecule has 0 radical (unpaired) electrons. The third-order valence-corrected chi connectivity index (χ3v) is 4.56. The second-order valence-corrected chi connectivity index (χ2v) is 6.79. The fourth-order valence-electron chi connectivity index (χ4n) is 2.51. The summed E-state index contributed by atoms with van der Waals surface area (Å²) in [7, 11) is 1.62. The van der Waals surface area contributed by atoms with Crippen LogP contribution >= 0.6 is 11.8 Å². The smallest absolute Gasteiger partial charge is 0.211 e. The number of rotatable bonds is 10. The minimum atomic E-state index is 0.266. The zero-order chi connectivity index (χ0) is 20.5. The molecule has 3 aromatic rings. The van der Waals surface area contributed by atoms with Crippen molar-refractivity contribution in [1.82, 2.24) is 14.9 Å². The largest absolute Gasteiger partial charge is 0.493 e. The SMILES string of the molecule is CCCOc1ccc(/C=N\n2c(COc3ccccc3)nnc2SC)cc1OC. The molecule has 0 unspecified atom stereocenters. The zero-order valence-electron chi connectivity index (χ0n) is 16.7. The summed E-state index contributed by atoms with van der Waals surface area (Å²) in [5.74, 6) is 2.77. The molecule has 0 fully saturated rings. The third kappa shape index (κ3) is 5.51. The van der Waals surface area contributed by atoms with Gasteiger partial charge in [0.1, 0.15) is 12.4 Å². The molecule has 1 aromatic heterocycles. The van der Waals surface area contributed by atoms with Crippen molar-refractivity contribution in [3.63, 3.8) is 0 Å². The molecule has 2 aromatic carbocycles. The Kier molecular flexibility index (Phi) is 7.52. The Hall–Kier alpha value is -3.00. The summed E-state index contributed by atoms with van der Waals surface area (Å²) in [4.78, 5) is 0. The Morgan fingerprint density at radius 2 is 1.90 bits per heavy atom. The lowest BCUT2D eigenvalue weighted by atomic mass is 10.2. The van der Waals surface area contributed by atoms with Crippen LogP contribution in [0.2, 0.25) is 0 Å². The van der Waals surface area contributed by atoms with E-state index in [4.69, 9.17) is 14.2 Å². The van der Waals surface area contributed by atoms with Crippen LogP contribution in [0.3, 0.4) is 0 Å². The van der Waals surface area contributed by atoms with E-state index in [-0.39, 0.29) is 6.61 Å². The molecular weight excluding hydrogens is 388 g/mol. The molecule has 0 atom stereocenters. The van der Waals surface area contributed by atoms with Crippen molar-refractivity contribution >= 4 is 18.0 Å². The van der Waals surface area contributed by atoms with E-state index < -0.39 is 0 Å². The average Bonchev–Trinajstić information content (AvgIpc) is 3.17. The van der Waals surface area contributed by atoms with Gasteiger partial charge in [-0.25, -0.2) is 0 Å². The van der Waals surface area contributed by atoms with Gasteiger partial charge in [0.05, 0.1) is 19.9 Å². The van der Waals surface area contributed by atoms with Gasteiger partial charge in [-0.2, -0.15) is 9.78 Å². The molecule has 0 saturated heterocycles. The van der Waals surface area contributed by atoms with Gasteiger partial charge in [0, 0.05) is 0 Å². The predicted octanol–water partition coefficient (Wildman–Crippen LogP) is 4.26. The first kappa shape index (κ1) is 20.7. The highest BCUT2D eigenvalue weighted by molar-refractivity contribution is 7.98. The van der Waals surface area contributed by atoms with Crippen molar-refractivity contribution in [2.45, 2.75) is 25.1 Å². The molecule has 7 nitrogen and oxygen atoms in total. The number of hydrogen-bond donors (Lipinski definition) is 0. The van der Waals surface area contributed by atoms with Crippen LogP contribution in [0.15, 0.2) is 58.8 Å². The average molecular weight is 413 g/mol. The molecule has 0 aliphatic rings. The van der Waals surface area contributed by atoms with Gasteiger partial charge < -0.3 is 14.2 Å². The van der Waals surface area contributed by atoms with Crippen LogP contribution in [0.25, 0.3) is 0 Å². The summed E-state index contributed by atoms with van der Waals surface area (Å²) in [6, 6.07) is 15.3. The van der Waals surface area contributed by atoms with E-state index in [1.807, 2.05) is 54.8 Å². The summed E-state index contributed by atoms with van der Waals surface area (Å²) in [5, 5.41) is 13.6. The van der Waals surface area contributed by atoms with E-state index in [2.05, 4.69) is 22.2 Å². The first-order valence-corrected chi connectivity index (χ1v) is 10.5. The van der Waals surface area contributed by atoms with E-state index >= 15 is 0 Å². The summed E-state index contributed by atoms with van der Waals surface area (Å²) in [5.41, 5.74) is 0.876. The van der Waals surface area contributed by atoms with Crippen molar-refractivity contribution in [1.29, 1.82) is 0 Å². The maximum Gasteiger partial charge on any atom is 0.211 e. The van der Waals surface area contributed by atoms with Gasteiger partial charge >= 0.3 is 0 Å². The minimum Gasteiger partial charge on any atom is -0.493 e. The fraction of sp³-hybridized carbons (Fsp3) is 0.286. The molecule has 8 heteroatoms. The van der Waals surface area contributed by atoms with E-state index in [9.17, 15) is 0 Å². The number of aromatic nitrogens is 3. The molecule has 3 rings (SSSR count). The van der Waals surface area contributed by atoms with Gasteiger partial charge in [0.25, 0.3) is 0 Å². The van der Waals surface area contributed by atoms with Crippen molar-refractivity contribution in [3.8, 4) is 17.2 Å². The number of hydrogen-bond acceptors (Lipinski definition) is 7. The molecule has 0 amide bonds. The number of benzene rings is 2. The van der Waals surface area contributed by atoms with Crippen LogP contribution in [0.4, 0.5) is 0 Å². The molecule has 29 heavy (non-hydrogen) atoms. The first-order chi connectivity index (χ1) is 14.2. The Bertz CT molecular complexity index is 944. The number of methoxy groups -OCH3 is 1. The summed E-state index contributed by atoms with van der Waals surface area (Å²) in [6.07, 6.45) is 4.60. The second-order valence-electron chi connectivity index (χ2n) is 6.02. The van der Waals surface area contributed by atoms with Gasteiger partial charge in [-0.15, -0.1) is 10.2 Å². The normalized spacial score (nSPS) is 11.0. The number of thioether (sulfide) groups is 1. The van der Waals surface area contributed by atoms with Gasteiger partial charge in [-0.05, 0) is 48.6 Å². The van der Waals surface area contributed by atoms with Crippen LogP contribution in [0, 0.1) is 0 Å². The number of nitrogens with zero attached hydrogens (tertiary/aromatic N) is 4. The van der Waals surface area contributed by atoms with Crippen molar-refractivity contribution in [3.05, 3.63) is 59.9 Å². The number of para-hydroxylation sites is 1. The maximum atomic E-state index is 5.79. The van der Waals surface area contributed by atoms with E-state index in [1.165, 1.54) is 11.8 Å². The van der Waals surface area contributed by atoms with Gasteiger partial charge in [0.15, 0.2) is 17.3 Å². The quantitative estimate of drug-likeness (QED) is 0.366. The monoisotopic (exact) mass is 412 g/mol. The molecule has 0 saturated carbocycles. The standard InChI is InChI=1S/C21H24N4O3S/c1-4-12-27-18-11-10-16(13-19(18)26-2)14-22-25-20(23-24-21(25)29-3)15-28-17-8-6-5-7-9-17/h5-11,13-14H,4,12,15H2,1-3H3/b22-14-. The Labute approximate surface area is 174 Å². The summed E-state index contributed by atoms with van der Waals surface area (Å²) >= 11 is 1.47. The van der Waals surface area contributed by atoms with Crippen molar-refractivity contribution in [2.75, 3.05) is 20.0 Å². The van der Waals surface area contributed by atoms with Crippen molar-refractivity contribution < 1.29 is 14.2 Å². The Balaban J connectivity index is 1.78. The van der Waals surface area contributed by atoms with Crippen LogP contribution in [0.5, 0.6) is 17.2 Å². The van der Waals surface area contributed by atoms with Gasteiger partial charge in [-0.1, -0.05) is 36.9 Å². The van der Waals surface area contributed by atoms with E-state index in [0.29, 0.717) is 23.3 Å². The zero-order valence-corrected chi connectivity index (χ0v) is 17.6. The summed E-state index contributed by atoms with van der Waals surface area (Å²) < 4.78 is 18.6. The maximum absolute atomic E-state index is 5.79. The molecular formula is C21H24N4O3S. The van der Waals surface area contributed by atoms with Gasteiger partial charge in [-0.3, -0.25) is 0 Å². The lowest BCUT2D eigenvalue weighted by molar-refractivity contribution is 0.290. The Morgan fingerprint density at radius 3 is 2.62 bits per heavy atom. The Morgan fingerprint density at radius 1 is 1.07 bits per heavy atom. The highest BCUT2D eigenvalue weighted by Crippen LogP contribution is 2.27. The molecule has 0 aliphatic carbocycles. The fourth-order valence-corrected chi connectivity index (χ4v) is 2.96. The molecule has 0 bridgehead atoms. The third-order valence-electron chi connectivity index (χ3n) is 3.94. The molecule has 0 spiro atoms. The highest BCUT2D eigenvalue weighted by Gasteiger charge is 2.12. The molecule has 0 N–H and O–H groups in total. The lowest BCUT2D eigenvalue weighted by Gasteiger charge is -2.10. The van der Waals surface area contributed by atoms with Crippen LogP contribution in [-0.2, 0) is 6.61 Å². The number of ether oxygens (including phenoxy) is 3. The minimum absolute atomic E-state index is 0.266. The van der Waals surface area contributed by atoms with Crippen LogP contribution in [-0.4, -0.2) is 41.1 Å². The first-order valence-electron chi connectivity index (χ1n) is 9.26. The molecule has 1 heterocycles. The van der Waals surface area contributed by atoms with E-state index in [1.54, 1.807) is 18.0 Å².